The Morgan fingerprint density at radius 2 is 2.08 bits per heavy atom. The number of ether oxygens (including phenoxy) is 1. The molecule has 1 heterocycles. The fourth-order valence-corrected chi connectivity index (χ4v) is 3.93. The van der Waals surface area contributed by atoms with Gasteiger partial charge >= 0.3 is 0 Å². The van der Waals surface area contributed by atoms with Crippen molar-refractivity contribution in [3.8, 4) is 0 Å². The quantitative estimate of drug-likeness (QED) is 0.893. The average Bonchev–Trinajstić information content (AvgIpc) is 2.57. The van der Waals surface area contributed by atoms with Gasteiger partial charge in [0.05, 0.1) is 6.04 Å². The second kappa shape index (κ2) is 7.16. The van der Waals surface area contributed by atoms with Crippen LogP contribution < -0.4 is 5.32 Å². The minimum absolute atomic E-state index is 0.0457. The first-order valence-corrected chi connectivity index (χ1v) is 9.18. The lowest BCUT2D eigenvalue weighted by Crippen LogP contribution is -2.54. The van der Waals surface area contributed by atoms with Crippen LogP contribution in [0.4, 0.5) is 0 Å². The lowest BCUT2D eigenvalue weighted by molar-refractivity contribution is -0.162. The maximum Gasteiger partial charge on any atom is 0.251 e. The van der Waals surface area contributed by atoms with E-state index in [4.69, 9.17) is 4.74 Å². The van der Waals surface area contributed by atoms with Crippen LogP contribution in [0, 0.1) is 12.3 Å². The normalized spacial score (nSPS) is 25.4. The van der Waals surface area contributed by atoms with Crippen LogP contribution in [0.25, 0.3) is 0 Å². The summed E-state index contributed by atoms with van der Waals surface area (Å²) in [4.78, 5) is 26.7. The molecule has 2 amide bonds. The standard InChI is InChI=1S/C20H28N2O3/c1-4-20(10-7-11-20)13-21-19(24)18-17(22(3)16(23)12-25-18)15-9-6-5-8-14(15)2/h5-6,8-9,17-18H,4,7,10-13H2,1-3H3,(H,21,24)/t17-,18+/m1/s1. The second-order valence-electron chi connectivity index (χ2n) is 7.46. The zero-order valence-corrected chi connectivity index (χ0v) is 15.4. The lowest BCUT2D eigenvalue weighted by Gasteiger charge is -2.43. The van der Waals surface area contributed by atoms with E-state index < -0.39 is 6.10 Å². The molecule has 3 rings (SSSR count). The van der Waals surface area contributed by atoms with E-state index in [9.17, 15) is 9.59 Å². The molecule has 1 aromatic carbocycles. The summed E-state index contributed by atoms with van der Waals surface area (Å²) in [6.07, 6.45) is 4.01. The summed E-state index contributed by atoms with van der Waals surface area (Å²) >= 11 is 0. The van der Waals surface area contributed by atoms with Crippen LogP contribution in [0.5, 0.6) is 0 Å². The maximum absolute atomic E-state index is 12.9. The van der Waals surface area contributed by atoms with Crippen molar-refractivity contribution in [1.82, 2.24) is 10.2 Å². The SMILES string of the molecule is CCC1(CNC(=O)[C@H]2OCC(=O)N(C)[C@@H]2c2ccccc2C)CCC1. The van der Waals surface area contributed by atoms with Gasteiger partial charge in [-0.05, 0) is 42.7 Å². The molecule has 1 saturated carbocycles. The Labute approximate surface area is 149 Å². The van der Waals surface area contributed by atoms with Crippen molar-refractivity contribution in [3.63, 3.8) is 0 Å². The van der Waals surface area contributed by atoms with Gasteiger partial charge in [-0.25, -0.2) is 0 Å². The predicted octanol–water partition coefficient (Wildman–Crippen LogP) is 2.59. The van der Waals surface area contributed by atoms with Crippen molar-refractivity contribution in [3.05, 3.63) is 35.4 Å². The van der Waals surface area contributed by atoms with Gasteiger partial charge in [0.25, 0.3) is 5.91 Å². The lowest BCUT2D eigenvalue weighted by atomic mass is 9.67. The van der Waals surface area contributed by atoms with Crippen LogP contribution >= 0.6 is 0 Å². The number of aryl methyl sites for hydroxylation is 1. The summed E-state index contributed by atoms with van der Waals surface area (Å²) in [6, 6.07) is 7.48. The Morgan fingerprint density at radius 3 is 2.68 bits per heavy atom. The third-order valence-corrected chi connectivity index (χ3v) is 6.05. The maximum atomic E-state index is 12.9. The molecule has 0 unspecified atom stereocenters. The molecule has 1 aliphatic heterocycles. The third-order valence-electron chi connectivity index (χ3n) is 6.05. The molecule has 1 N–H and O–H groups in total. The highest BCUT2D eigenvalue weighted by Crippen LogP contribution is 2.43. The first-order valence-electron chi connectivity index (χ1n) is 9.18. The van der Waals surface area contributed by atoms with Crippen LogP contribution in [0.15, 0.2) is 24.3 Å². The van der Waals surface area contributed by atoms with Crippen LogP contribution in [0.3, 0.4) is 0 Å². The third kappa shape index (κ3) is 3.43. The molecule has 1 aromatic rings. The Hall–Kier alpha value is -1.88. The molecule has 1 saturated heterocycles. The molecule has 136 valence electrons. The number of likely N-dealkylation sites (N-methyl/N-ethyl adjacent to an activating group) is 1. The van der Waals surface area contributed by atoms with Crippen LogP contribution in [-0.4, -0.2) is 43.0 Å². The van der Waals surface area contributed by atoms with E-state index in [0.717, 1.165) is 17.5 Å². The highest BCUT2D eigenvalue weighted by molar-refractivity contribution is 5.86. The van der Waals surface area contributed by atoms with E-state index in [-0.39, 0.29) is 29.9 Å². The van der Waals surface area contributed by atoms with E-state index in [1.807, 2.05) is 31.2 Å². The number of rotatable bonds is 5. The van der Waals surface area contributed by atoms with Crippen molar-refractivity contribution in [1.29, 1.82) is 0 Å². The number of hydrogen-bond donors (Lipinski definition) is 1. The summed E-state index contributed by atoms with van der Waals surface area (Å²) in [5.41, 5.74) is 2.27. The summed E-state index contributed by atoms with van der Waals surface area (Å²) in [7, 11) is 1.75. The average molecular weight is 344 g/mol. The fourth-order valence-electron chi connectivity index (χ4n) is 3.93. The summed E-state index contributed by atoms with van der Waals surface area (Å²) in [5.74, 6) is -0.214. The number of carbonyl (C=O) groups is 2. The topological polar surface area (TPSA) is 58.6 Å². The number of carbonyl (C=O) groups excluding carboxylic acids is 2. The monoisotopic (exact) mass is 344 g/mol. The molecule has 0 spiro atoms. The van der Waals surface area contributed by atoms with Gasteiger partial charge in [-0.1, -0.05) is 37.6 Å². The number of nitrogens with one attached hydrogen (secondary N) is 1. The first kappa shape index (κ1) is 17.9. The van der Waals surface area contributed by atoms with E-state index in [1.165, 1.54) is 19.3 Å². The van der Waals surface area contributed by atoms with E-state index in [0.29, 0.717) is 6.54 Å². The van der Waals surface area contributed by atoms with Gasteiger partial charge in [0, 0.05) is 13.6 Å². The van der Waals surface area contributed by atoms with Gasteiger partial charge in [-0.2, -0.15) is 0 Å². The molecule has 1 aliphatic carbocycles. The Morgan fingerprint density at radius 1 is 1.36 bits per heavy atom. The largest absolute Gasteiger partial charge is 0.356 e. The highest BCUT2D eigenvalue weighted by atomic mass is 16.5. The Kier molecular flexibility index (Phi) is 5.13. The zero-order chi connectivity index (χ0) is 18.0. The molecule has 25 heavy (non-hydrogen) atoms. The summed E-state index contributed by atoms with van der Waals surface area (Å²) in [5, 5.41) is 3.10. The molecular weight excluding hydrogens is 316 g/mol. The molecular formula is C20H28N2O3. The minimum Gasteiger partial charge on any atom is -0.356 e. The number of nitrogens with zero attached hydrogens (tertiary/aromatic N) is 1. The Balaban J connectivity index is 1.78. The van der Waals surface area contributed by atoms with Crippen molar-refractivity contribution < 1.29 is 14.3 Å². The summed E-state index contributed by atoms with van der Waals surface area (Å²) < 4.78 is 5.69. The highest BCUT2D eigenvalue weighted by Gasteiger charge is 2.42. The first-order chi connectivity index (χ1) is 12.0. The number of benzene rings is 1. The van der Waals surface area contributed by atoms with Gasteiger partial charge in [-0.3, -0.25) is 9.59 Å². The van der Waals surface area contributed by atoms with Crippen LogP contribution in [-0.2, 0) is 14.3 Å². The molecule has 0 radical (unpaired) electrons. The van der Waals surface area contributed by atoms with E-state index in [1.54, 1.807) is 11.9 Å². The number of hydrogen-bond acceptors (Lipinski definition) is 3. The van der Waals surface area contributed by atoms with Crippen LogP contribution in [0.2, 0.25) is 0 Å². The number of morpholine rings is 1. The van der Waals surface area contributed by atoms with Crippen LogP contribution in [0.1, 0.15) is 49.8 Å². The molecule has 0 bridgehead atoms. The molecule has 5 heteroatoms. The van der Waals surface area contributed by atoms with Crippen molar-refractivity contribution >= 4 is 11.8 Å². The van der Waals surface area contributed by atoms with Gasteiger partial charge in [0.15, 0.2) is 6.10 Å². The predicted molar refractivity (Wildman–Crippen MR) is 96.0 cm³/mol. The van der Waals surface area contributed by atoms with Crippen molar-refractivity contribution in [2.45, 2.75) is 51.7 Å². The van der Waals surface area contributed by atoms with Gasteiger partial charge in [-0.15, -0.1) is 0 Å². The second-order valence-corrected chi connectivity index (χ2v) is 7.46. The van der Waals surface area contributed by atoms with Gasteiger partial charge in [0.2, 0.25) is 5.91 Å². The zero-order valence-electron chi connectivity index (χ0n) is 15.4. The van der Waals surface area contributed by atoms with Gasteiger partial charge < -0.3 is 15.0 Å². The molecule has 2 aliphatic rings. The Bertz CT molecular complexity index is 649. The fraction of sp³-hybridized carbons (Fsp3) is 0.600. The smallest absolute Gasteiger partial charge is 0.251 e. The van der Waals surface area contributed by atoms with E-state index >= 15 is 0 Å². The van der Waals surface area contributed by atoms with Gasteiger partial charge in [0.1, 0.15) is 6.61 Å². The summed E-state index contributed by atoms with van der Waals surface area (Å²) in [6.45, 7) is 4.83. The molecule has 2 atom stereocenters. The molecule has 2 fully saturated rings. The number of amides is 2. The van der Waals surface area contributed by atoms with E-state index in [2.05, 4.69) is 12.2 Å². The van der Waals surface area contributed by atoms with Crippen molar-refractivity contribution in [2.24, 2.45) is 5.41 Å². The molecule has 5 nitrogen and oxygen atoms in total. The van der Waals surface area contributed by atoms with Crippen molar-refractivity contribution in [2.75, 3.05) is 20.2 Å². The molecule has 0 aromatic heterocycles. The minimum atomic E-state index is -0.669.